The number of esters is 1. The fourth-order valence-electron chi connectivity index (χ4n) is 4.99. The van der Waals surface area contributed by atoms with Gasteiger partial charge in [-0.2, -0.15) is 0 Å². The van der Waals surface area contributed by atoms with Crippen LogP contribution in [-0.4, -0.2) is 24.3 Å². The first-order valence-electron chi connectivity index (χ1n) is 7.53. The molecule has 3 nitrogen and oxygen atoms in total. The number of carbonyl (C=O) groups is 1. The maximum atomic E-state index is 11.4. The molecule has 6 atom stereocenters. The van der Waals surface area contributed by atoms with Crippen LogP contribution in [0.25, 0.3) is 0 Å². The molecule has 0 radical (unpaired) electrons. The maximum Gasteiger partial charge on any atom is 0.333 e. The van der Waals surface area contributed by atoms with E-state index >= 15 is 0 Å². The average Bonchev–Trinajstić information content (AvgIpc) is 3.05. The van der Waals surface area contributed by atoms with Crippen LogP contribution in [0.3, 0.4) is 0 Å². The molecule has 0 aromatic carbocycles. The Kier molecular flexibility index (Phi) is 3.42. The van der Waals surface area contributed by atoms with E-state index in [1.165, 1.54) is 25.7 Å². The molecule has 2 bridgehead atoms. The van der Waals surface area contributed by atoms with Gasteiger partial charge >= 0.3 is 5.97 Å². The van der Waals surface area contributed by atoms with Crippen molar-refractivity contribution in [1.82, 2.24) is 0 Å². The Labute approximate surface area is 115 Å². The van der Waals surface area contributed by atoms with E-state index in [4.69, 9.17) is 4.74 Å². The van der Waals surface area contributed by atoms with Crippen LogP contribution in [0, 0.1) is 35.5 Å². The van der Waals surface area contributed by atoms with Crippen molar-refractivity contribution in [1.29, 1.82) is 0 Å². The number of carbonyl (C=O) groups excluding carboxylic acids is 1. The first-order valence-corrected chi connectivity index (χ1v) is 7.53. The van der Waals surface area contributed by atoms with Gasteiger partial charge in [-0.1, -0.05) is 6.58 Å². The molecule has 0 heterocycles. The molecule has 0 aromatic heterocycles. The van der Waals surface area contributed by atoms with E-state index in [1.807, 2.05) is 0 Å². The van der Waals surface area contributed by atoms with Crippen LogP contribution in [0.15, 0.2) is 12.2 Å². The molecule has 0 aliphatic heterocycles. The van der Waals surface area contributed by atoms with Gasteiger partial charge in [-0.15, -0.1) is 0 Å². The lowest BCUT2D eigenvalue weighted by atomic mass is 9.76. The third kappa shape index (κ3) is 2.22. The highest BCUT2D eigenvalue weighted by Crippen LogP contribution is 2.62. The Hall–Kier alpha value is -0.830. The molecule has 106 valence electrons. The van der Waals surface area contributed by atoms with Gasteiger partial charge in [0.2, 0.25) is 0 Å². The SMILES string of the molecule is C=C(C)C(=O)OCC1CC2C3CC(CO)C(C3)C2C1. The first-order chi connectivity index (χ1) is 9.10. The Bertz CT molecular complexity index is 387. The zero-order chi connectivity index (χ0) is 13.6. The molecule has 3 aliphatic carbocycles. The highest BCUT2D eigenvalue weighted by molar-refractivity contribution is 5.86. The molecule has 0 amide bonds. The van der Waals surface area contributed by atoms with Crippen LogP contribution in [-0.2, 0) is 9.53 Å². The summed E-state index contributed by atoms with van der Waals surface area (Å²) in [7, 11) is 0. The minimum absolute atomic E-state index is 0.256. The quantitative estimate of drug-likeness (QED) is 0.626. The number of aliphatic hydroxyl groups excluding tert-OH is 1. The van der Waals surface area contributed by atoms with Crippen molar-refractivity contribution in [2.75, 3.05) is 13.2 Å². The Morgan fingerprint density at radius 3 is 2.63 bits per heavy atom. The minimum Gasteiger partial charge on any atom is -0.462 e. The van der Waals surface area contributed by atoms with Gasteiger partial charge in [0.05, 0.1) is 6.61 Å². The highest BCUT2D eigenvalue weighted by Gasteiger charge is 2.55. The summed E-state index contributed by atoms with van der Waals surface area (Å²) in [6.45, 7) is 6.22. The normalized spacial score (nSPS) is 43.3. The molecule has 0 saturated heterocycles. The minimum atomic E-state index is -0.256. The van der Waals surface area contributed by atoms with Crippen molar-refractivity contribution in [2.45, 2.75) is 32.6 Å². The molecular weight excluding hydrogens is 240 g/mol. The van der Waals surface area contributed by atoms with Gasteiger partial charge in [0.15, 0.2) is 0 Å². The fourth-order valence-corrected chi connectivity index (χ4v) is 4.99. The summed E-state index contributed by atoms with van der Waals surface area (Å²) >= 11 is 0. The molecule has 19 heavy (non-hydrogen) atoms. The Morgan fingerprint density at radius 2 is 1.95 bits per heavy atom. The van der Waals surface area contributed by atoms with E-state index in [2.05, 4.69) is 6.58 Å². The smallest absolute Gasteiger partial charge is 0.333 e. The fraction of sp³-hybridized carbons (Fsp3) is 0.812. The number of aliphatic hydroxyl groups is 1. The van der Waals surface area contributed by atoms with Gasteiger partial charge in [-0.25, -0.2) is 4.79 Å². The van der Waals surface area contributed by atoms with Crippen LogP contribution in [0.5, 0.6) is 0 Å². The van der Waals surface area contributed by atoms with Crippen LogP contribution in [0.1, 0.15) is 32.6 Å². The van der Waals surface area contributed by atoms with Gasteiger partial charge in [0.25, 0.3) is 0 Å². The zero-order valence-electron chi connectivity index (χ0n) is 11.7. The standard InChI is InChI=1S/C16H24O3/c1-9(2)16(18)19-8-10-3-13-11-5-12(7-17)14(6-11)15(13)4-10/h10-15,17H,1,3-8H2,2H3. The Morgan fingerprint density at radius 1 is 1.21 bits per heavy atom. The van der Waals surface area contributed by atoms with Crippen molar-refractivity contribution in [3.8, 4) is 0 Å². The number of fused-ring (bicyclic) bond motifs is 5. The maximum absolute atomic E-state index is 11.4. The van der Waals surface area contributed by atoms with Crippen molar-refractivity contribution in [3.63, 3.8) is 0 Å². The first kappa shape index (κ1) is 13.2. The molecule has 3 rings (SSSR count). The van der Waals surface area contributed by atoms with E-state index in [9.17, 15) is 9.90 Å². The summed E-state index contributed by atoms with van der Waals surface area (Å²) in [5.41, 5.74) is 0.485. The number of rotatable bonds is 4. The van der Waals surface area contributed by atoms with E-state index in [0.29, 0.717) is 30.6 Å². The molecule has 6 unspecified atom stereocenters. The largest absolute Gasteiger partial charge is 0.462 e. The second-order valence-corrected chi connectivity index (χ2v) is 6.88. The highest BCUT2D eigenvalue weighted by atomic mass is 16.5. The zero-order valence-corrected chi connectivity index (χ0v) is 11.7. The van der Waals surface area contributed by atoms with Gasteiger partial charge in [0.1, 0.15) is 0 Å². The lowest BCUT2D eigenvalue weighted by Crippen LogP contribution is -2.26. The summed E-state index contributed by atoms with van der Waals surface area (Å²) in [6.07, 6.45) is 4.96. The molecule has 1 N–H and O–H groups in total. The van der Waals surface area contributed by atoms with E-state index in [-0.39, 0.29) is 5.97 Å². The number of hydrogen-bond acceptors (Lipinski definition) is 3. The molecule has 3 heteroatoms. The van der Waals surface area contributed by atoms with Crippen LogP contribution in [0.2, 0.25) is 0 Å². The van der Waals surface area contributed by atoms with Crippen LogP contribution in [0.4, 0.5) is 0 Å². The molecule has 0 spiro atoms. The predicted octanol–water partition coefficient (Wildman–Crippen LogP) is 2.40. The summed E-state index contributed by atoms with van der Waals surface area (Å²) < 4.78 is 5.31. The molecule has 3 saturated carbocycles. The van der Waals surface area contributed by atoms with Gasteiger partial charge in [-0.3, -0.25) is 0 Å². The second kappa shape index (κ2) is 4.93. The molecular formula is C16H24O3. The molecule has 0 aromatic rings. The summed E-state index contributed by atoms with van der Waals surface area (Å²) in [4.78, 5) is 11.4. The summed E-state index contributed by atoms with van der Waals surface area (Å²) in [6, 6.07) is 0. The molecule has 3 fully saturated rings. The average molecular weight is 264 g/mol. The monoisotopic (exact) mass is 264 g/mol. The second-order valence-electron chi connectivity index (χ2n) is 6.88. The van der Waals surface area contributed by atoms with Gasteiger partial charge < -0.3 is 9.84 Å². The van der Waals surface area contributed by atoms with Crippen molar-refractivity contribution >= 4 is 5.97 Å². The summed E-state index contributed by atoms with van der Waals surface area (Å²) in [5.74, 6) is 4.00. The van der Waals surface area contributed by atoms with Crippen LogP contribution >= 0.6 is 0 Å². The predicted molar refractivity (Wildman–Crippen MR) is 72.3 cm³/mol. The van der Waals surface area contributed by atoms with Crippen molar-refractivity contribution in [2.24, 2.45) is 35.5 Å². The van der Waals surface area contributed by atoms with E-state index in [0.717, 1.165) is 23.7 Å². The van der Waals surface area contributed by atoms with E-state index < -0.39 is 0 Å². The Balaban J connectivity index is 1.54. The van der Waals surface area contributed by atoms with Gasteiger partial charge in [-0.05, 0) is 68.1 Å². The topological polar surface area (TPSA) is 46.5 Å². The number of ether oxygens (including phenoxy) is 1. The van der Waals surface area contributed by atoms with Crippen molar-refractivity contribution in [3.05, 3.63) is 12.2 Å². The van der Waals surface area contributed by atoms with Crippen LogP contribution < -0.4 is 0 Å². The lowest BCUT2D eigenvalue weighted by Gasteiger charge is -2.30. The van der Waals surface area contributed by atoms with Crippen molar-refractivity contribution < 1.29 is 14.6 Å². The van der Waals surface area contributed by atoms with E-state index in [1.54, 1.807) is 6.92 Å². The van der Waals surface area contributed by atoms with Gasteiger partial charge in [0, 0.05) is 12.2 Å². The molecule has 3 aliphatic rings. The third-order valence-electron chi connectivity index (χ3n) is 5.74. The lowest BCUT2D eigenvalue weighted by molar-refractivity contribution is -0.140. The third-order valence-corrected chi connectivity index (χ3v) is 5.74. The summed E-state index contributed by atoms with van der Waals surface area (Å²) in [5, 5.41) is 9.43. The number of hydrogen-bond donors (Lipinski definition) is 1.